The Morgan fingerprint density at radius 2 is 1.71 bits per heavy atom. The molecule has 0 saturated heterocycles. The first-order chi connectivity index (χ1) is 6.02. The minimum Gasteiger partial charge on any atom is -0.413 e. The summed E-state index contributed by atoms with van der Waals surface area (Å²) in [4.78, 5) is 0. The largest absolute Gasteiger partial charge is 0.413 e. The van der Waals surface area contributed by atoms with Crippen molar-refractivity contribution in [1.29, 1.82) is 0 Å². The van der Waals surface area contributed by atoms with Gasteiger partial charge in [0.05, 0.1) is 6.61 Å². The van der Waals surface area contributed by atoms with Crippen molar-refractivity contribution >= 4 is 8.32 Å². The van der Waals surface area contributed by atoms with Gasteiger partial charge in [0.2, 0.25) is 0 Å². The van der Waals surface area contributed by atoms with Crippen LogP contribution in [0.1, 0.15) is 27.7 Å². The maximum Gasteiger partial charge on any atom is 0.192 e. The molecule has 0 aliphatic rings. The topological polar surface area (TPSA) is 29.5 Å². The van der Waals surface area contributed by atoms with Crippen LogP contribution in [0.3, 0.4) is 0 Å². The average molecular weight is 214 g/mol. The van der Waals surface area contributed by atoms with Crippen LogP contribution in [0, 0.1) is 12.3 Å². The molecule has 0 bridgehead atoms. The molecule has 0 fully saturated rings. The molecule has 0 saturated carbocycles. The van der Waals surface area contributed by atoms with Crippen LogP contribution in [0.5, 0.6) is 0 Å². The van der Waals surface area contributed by atoms with E-state index in [9.17, 15) is 5.11 Å². The molecule has 0 aromatic heterocycles. The van der Waals surface area contributed by atoms with Gasteiger partial charge in [0, 0.05) is 0 Å². The Morgan fingerprint density at radius 1 is 1.29 bits per heavy atom. The lowest BCUT2D eigenvalue weighted by atomic mass is 10.1. The fourth-order valence-corrected chi connectivity index (χ4v) is 1.65. The third-order valence-corrected chi connectivity index (χ3v) is 7.31. The van der Waals surface area contributed by atoms with Crippen molar-refractivity contribution < 1.29 is 9.53 Å². The highest BCUT2D eigenvalue weighted by Crippen LogP contribution is 2.36. The molecule has 0 rings (SSSR count). The molecule has 0 aromatic carbocycles. The normalized spacial score (nSPS) is 17.3. The first-order valence-electron chi connectivity index (χ1n) is 4.86. The molecule has 1 N–H and O–H groups in total. The predicted octanol–water partition coefficient (Wildman–Crippen LogP) is 2.39. The summed E-state index contributed by atoms with van der Waals surface area (Å²) in [7, 11) is -1.79. The van der Waals surface area contributed by atoms with Crippen molar-refractivity contribution in [2.75, 3.05) is 6.61 Å². The van der Waals surface area contributed by atoms with Crippen LogP contribution in [0.4, 0.5) is 0 Å². The third kappa shape index (κ3) is 3.83. The van der Waals surface area contributed by atoms with Gasteiger partial charge in [-0.1, -0.05) is 26.7 Å². The Balaban J connectivity index is 4.36. The van der Waals surface area contributed by atoms with Crippen LogP contribution in [-0.2, 0) is 4.43 Å². The Morgan fingerprint density at radius 3 is 2.00 bits per heavy atom. The van der Waals surface area contributed by atoms with E-state index in [0.717, 1.165) is 0 Å². The van der Waals surface area contributed by atoms with Crippen molar-refractivity contribution in [3.8, 4) is 12.3 Å². The van der Waals surface area contributed by atoms with Gasteiger partial charge in [0.1, 0.15) is 5.60 Å². The molecule has 3 heteroatoms. The van der Waals surface area contributed by atoms with E-state index in [0.29, 0.717) is 0 Å². The number of rotatable bonds is 3. The van der Waals surface area contributed by atoms with Crippen molar-refractivity contribution in [1.82, 2.24) is 0 Å². The van der Waals surface area contributed by atoms with Gasteiger partial charge in [-0.05, 0) is 25.1 Å². The molecule has 0 aliphatic carbocycles. The molecule has 1 unspecified atom stereocenters. The summed E-state index contributed by atoms with van der Waals surface area (Å²) in [5.74, 6) is 2.32. The second kappa shape index (κ2) is 4.06. The summed E-state index contributed by atoms with van der Waals surface area (Å²) in [6.07, 6.45) is 5.18. The van der Waals surface area contributed by atoms with Crippen LogP contribution in [0.2, 0.25) is 18.1 Å². The van der Waals surface area contributed by atoms with Gasteiger partial charge in [-0.15, -0.1) is 6.42 Å². The maximum absolute atomic E-state index is 9.61. The van der Waals surface area contributed by atoms with E-state index < -0.39 is 13.9 Å². The summed E-state index contributed by atoms with van der Waals surface area (Å²) in [5.41, 5.74) is -1.14. The summed E-state index contributed by atoms with van der Waals surface area (Å²) in [6, 6.07) is 0. The zero-order valence-electron chi connectivity index (χ0n) is 10.1. The molecule has 0 aliphatic heterocycles. The van der Waals surface area contributed by atoms with Gasteiger partial charge in [-0.2, -0.15) is 0 Å². The number of terminal acetylenes is 1. The quantitative estimate of drug-likeness (QED) is 0.577. The van der Waals surface area contributed by atoms with E-state index >= 15 is 0 Å². The van der Waals surface area contributed by atoms with Gasteiger partial charge in [-0.25, -0.2) is 0 Å². The minimum atomic E-state index is -1.79. The number of hydrogen-bond donors (Lipinski definition) is 1. The van der Waals surface area contributed by atoms with E-state index in [2.05, 4.69) is 39.8 Å². The third-order valence-electron chi connectivity index (χ3n) is 2.83. The van der Waals surface area contributed by atoms with Gasteiger partial charge in [-0.3, -0.25) is 0 Å². The Kier molecular flexibility index (Phi) is 3.97. The van der Waals surface area contributed by atoms with Crippen LogP contribution in [0.15, 0.2) is 0 Å². The van der Waals surface area contributed by atoms with E-state index in [1.807, 2.05) is 0 Å². The summed E-state index contributed by atoms with van der Waals surface area (Å²) >= 11 is 0. The van der Waals surface area contributed by atoms with E-state index in [1.165, 1.54) is 0 Å². The SMILES string of the molecule is C#CC(C)(O)CO[Si](C)(C)C(C)(C)C. The fraction of sp³-hybridized carbons (Fsp3) is 0.818. The average Bonchev–Trinajstić information content (AvgIpc) is 1.99. The molecule has 14 heavy (non-hydrogen) atoms. The molecule has 0 radical (unpaired) electrons. The summed E-state index contributed by atoms with van der Waals surface area (Å²) < 4.78 is 5.80. The molecule has 0 heterocycles. The first-order valence-corrected chi connectivity index (χ1v) is 7.77. The summed E-state index contributed by atoms with van der Waals surface area (Å²) in [6.45, 7) is 12.6. The standard InChI is InChI=1S/C11H22O2Si/c1-8-11(5,12)9-13-14(6,7)10(2,3)4/h1,12H,9H2,2-7H3. The van der Waals surface area contributed by atoms with Crippen LogP contribution < -0.4 is 0 Å². The smallest absolute Gasteiger partial charge is 0.192 e. The zero-order chi connectivity index (χ0) is 11.6. The maximum atomic E-state index is 9.61. The molecule has 2 nitrogen and oxygen atoms in total. The molecular formula is C11H22O2Si. The van der Waals surface area contributed by atoms with E-state index in [-0.39, 0.29) is 11.6 Å². The van der Waals surface area contributed by atoms with E-state index in [1.54, 1.807) is 6.92 Å². The Labute approximate surface area is 88.8 Å². The molecule has 0 spiro atoms. The molecule has 1 atom stereocenters. The monoisotopic (exact) mass is 214 g/mol. The molecule has 0 aromatic rings. The van der Waals surface area contributed by atoms with Crippen molar-refractivity contribution in [3.63, 3.8) is 0 Å². The lowest BCUT2D eigenvalue weighted by Crippen LogP contribution is -2.44. The van der Waals surface area contributed by atoms with Crippen molar-refractivity contribution in [2.24, 2.45) is 0 Å². The van der Waals surface area contributed by atoms with Gasteiger partial charge < -0.3 is 9.53 Å². The number of hydrogen-bond acceptors (Lipinski definition) is 2. The lowest BCUT2D eigenvalue weighted by Gasteiger charge is -2.37. The predicted molar refractivity (Wildman–Crippen MR) is 62.6 cm³/mol. The Bertz CT molecular complexity index is 231. The lowest BCUT2D eigenvalue weighted by molar-refractivity contribution is 0.0569. The highest BCUT2D eigenvalue weighted by Gasteiger charge is 2.38. The highest BCUT2D eigenvalue weighted by atomic mass is 28.4. The van der Waals surface area contributed by atoms with Crippen LogP contribution >= 0.6 is 0 Å². The van der Waals surface area contributed by atoms with Crippen LogP contribution in [0.25, 0.3) is 0 Å². The Hall–Kier alpha value is -0.303. The molecular weight excluding hydrogens is 192 g/mol. The van der Waals surface area contributed by atoms with Gasteiger partial charge in [0.25, 0.3) is 0 Å². The van der Waals surface area contributed by atoms with Crippen molar-refractivity contribution in [3.05, 3.63) is 0 Å². The van der Waals surface area contributed by atoms with Gasteiger partial charge >= 0.3 is 0 Å². The first kappa shape index (κ1) is 13.7. The zero-order valence-corrected chi connectivity index (χ0v) is 11.1. The van der Waals surface area contributed by atoms with E-state index in [4.69, 9.17) is 10.8 Å². The second-order valence-corrected chi connectivity index (χ2v) is 10.3. The highest BCUT2D eigenvalue weighted by molar-refractivity contribution is 6.74. The molecule has 82 valence electrons. The van der Waals surface area contributed by atoms with Crippen LogP contribution in [-0.4, -0.2) is 25.6 Å². The summed E-state index contributed by atoms with van der Waals surface area (Å²) in [5, 5.41) is 9.76. The van der Waals surface area contributed by atoms with Gasteiger partial charge in [0.15, 0.2) is 8.32 Å². The number of aliphatic hydroxyl groups is 1. The van der Waals surface area contributed by atoms with Crippen molar-refractivity contribution in [2.45, 2.75) is 51.4 Å². The fourth-order valence-electron chi connectivity index (χ4n) is 0.579. The minimum absolute atomic E-state index is 0.150. The molecule has 0 amide bonds. The second-order valence-electron chi connectivity index (χ2n) is 5.47.